The van der Waals surface area contributed by atoms with Crippen LogP contribution in [0.2, 0.25) is 0 Å². The highest BCUT2D eigenvalue weighted by Crippen LogP contribution is 2.27. The van der Waals surface area contributed by atoms with Gasteiger partial charge < -0.3 is 19.3 Å². The van der Waals surface area contributed by atoms with E-state index in [0.717, 1.165) is 90.1 Å². The Hall–Kier alpha value is -2.80. The maximum Gasteiger partial charge on any atom is 0.133 e. The molecule has 0 saturated carbocycles. The first-order chi connectivity index (χ1) is 20.7. The first kappa shape index (κ1) is 33.1. The quantitative estimate of drug-likeness (QED) is 0.143. The fourth-order valence-electron chi connectivity index (χ4n) is 4.37. The molecule has 232 valence electrons. The third-order valence-corrected chi connectivity index (χ3v) is 8.12. The minimum absolute atomic E-state index is 0.660. The second kappa shape index (κ2) is 16.9. The zero-order valence-corrected chi connectivity index (χ0v) is 28.7. The molecule has 0 bridgehead atoms. The second-order valence-corrected chi connectivity index (χ2v) is 12.8. The summed E-state index contributed by atoms with van der Waals surface area (Å²) in [6.07, 6.45) is 8.48. The van der Waals surface area contributed by atoms with Gasteiger partial charge >= 0.3 is 0 Å². The van der Waals surface area contributed by atoms with E-state index in [-0.39, 0.29) is 0 Å². The van der Waals surface area contributed by atoms with Crippen LogP contribution in [0.3, 0.4) is 0 Å². The minimum Gasteiger partial charge on any atom is -0.491 e. The van der Waals surface area contributed by atoms with Gasteiger partial charge in [0.1, 0.15) is 24.7 Å². The van der Waals surface area contributed by atoms with E-state index in [2.05, 4.69) is 86.5 Å². The second-order valence-electron chi connectivity index (χ2n) is 11.1. The van der Waals surface area contributed by atoms with Gasteiger partial charge in [-0.1, -0.05) is 22.6 Å². The number of benzene rings is 2. The molecule has 0 atom stereocenters. The Labute approximate surface area is 271 Å². The van der Waals surface area contributed by atoms with Crippen LogP contribution in [0.5, 0.6) is 11.5 Å². The molecule has 0 radical (unpaired) electrons. The Morgan fingerprint density at radius 1 is 0.651 bits per heavy atom. The summed E-state index contributed by atoms with van der Waals surface area (Å²) in [6, 6.07) is 12.5. The van der Waals surface area contributed by atoms with Gasteiger partial charge in [0.2, 0.25) is 0 Å². The SMILES string of the molecule is CN(C)CCOc1ccc(CCn2cc(CCCc3cn(CCc4ccc(OCCN(C)C)c(Br)c4)nn3)nn2)cc1Br. The average Bonchev–Trinajstić information content (AvgIpc) is 3.62. The number of hydrogen-bond acceptors (Lipinski definition) is 8. The summed E-state index contributed by atoms with van der Waals surface area (Å²) >= 11 is 7.27. The van der Waals surface area contributed by atoms with Crippen molar-refractivity contribution in [3.05, 3.63) is 80.3 Å². The number of likely N-dealkylation sites (N-methyl/N-ethyl adjacent to an activating group) is 2. The minimum atomic E-state index is 0.660. The first-order valence-electron chi connectivity index (χ1n) is 14.6. The Bertz CT molecular complexity index is 1320. The van der Waals surface area contributed by atoms with Gasteiger partial charge in [-0.3, -0.25) is 9.36 Å². The summed E-state index contributed by atoms with van der Waals surface area (Å²) in [7, 11) is 8.15. The molecule has 2 aromatic heterocycles. The lowest BCUT2D eigenvalue weighted by atomic mass is 10.1. The highest BCUT2D eigenvalue weighted by atomic mass is 79.9. The standard InChI is InChI=1S/C31H42Br2N8O2/c1-38(2)16-18-42-30-10-8-24(20-28(30)32)12-14-40-22-26(34-36-40)6-5-7-27-23-41(37-35-27)15-13-25-9-11-31(29(33)21-25)43-19-17-39(3)4/h8-11,20-23H,5-7,12-19H2,1-4H3. The maximum absolute atomic E-state index is 5.86. The Kier molecular flexibility index (Phi) is 13.0. The third-order valence-electron chi connectivity index (χ3n) is 6.88. The zero-order valence-electron chi connectivity index (χ0n) is 25.5. The summed E-state index contributed by atoms with van der Waals surface area (Å²) < 4.78 is 17.5. The summed E-state index contributed by atoms with van der Waals surface area (Å²) in [4.78, 5) is 4.21. The number of rotatable bonds is 18. The average molecular weight is 719 g/mol. The van der Waals surface area contributed by atoms with Crippen molar-refractivity contribution in [1.29, 1.82) is 0 Å². The van der Waals surface area contributed by atoms with Gasteiger partial charge in [0.15, 0.2) is 0 Å². The van der Waals surface area contributed by atoms with Crippen molar-refractivity contribution < 1.29 is 9.47 Å². The van der Waals surface area contributed by atoms with Crippen LogP contribution in [0, 0.1) is 0 Å². The van der Waals surface area contributed by atoms with Crippen molar-refractivity contribution >= 4 is 31.9 Å². The Morgan fingerprint density at radius 3 is 1.49 bits per heavy atom. The molecule has 4 aromatic rings. The van der Waals surface area contributed by atoms with Crippen molar-refractivity contribution in [2.45, 2.75) is 45.2 Å². The summed E-state index contributed by atoms with van der Waals surface area (Å²) in [6.45, 7) is 4.63. The maximum atomic E-state index is 5.86. The Morgan fingerprint density at radius 2 is 1.09 bits per heavy atom. The highest BCUT2D eigenvalue weighted by molar-refractivity contribution is 9.10. The van der Waals surface area contributed by atoms with E-state index >= 15 is 0 Å². The van der Waals surface area contributed by atoms with E-state index < -0.39 is 0 Å². The summed E-state index contributed by atoms with van der Waals surface area (Å²) in [5, 5.41) is 17.4. The van der Waals surface area contributed by atoms with Crippen molar-refractivity contribution in [3.8, 4) is 11.5 Å². The zero-order chi connectivity index (χ0) is 30.6. The topological polar surface area (TPSA) is 86.4 Å². The smallest absolute Gasteiger partial charge is 0.133 e. The molecule has 0 N–H and O–H groups in total. The van der Waals surface area contributed by atoms with E-state index in [1.807, 2.05) is 62.1 Å². The normalized spacial score (nSPS) is 11.5. The molecule has 2 aromatic carbocycles. The highest BCUT2D eigenvalue weighted by Gasteiger charge is 2.08. The van der Waals surface area contributed by atoms with Crippen molar-refractivity contribution in [2.24, 2.45) is 0 Å². The van der Waals surface area contributed by atoms with E-state index in [9.17, 15) is 0 Å². The molecule has 12 heteroatoms. The van der Waals surface area contributed by atoms with Gasteiger partial charge in [-0.15, -0.1) is 10.2 Å². The van der Waals surface area contributed by atoms with E-state index in [0.29, 0.717) is 13.2 Å². The lowest BCUT2D eigenvalue weighted by molar-refractivity contribution is 0.260. The molecule has 0 unspecified atom stereocenters. The molecule has 0 aliphatic carbocycles. The monoisotopic (exact) mass is 716 g/mol. The van der Waals surface area contributed by atoms with Gasteiger partial charge in [-0.25, -0.2) is 0 Å². The summed E-state index contributed by atoms with van der Waals surface area (Å²) in [5.74, 6) is 1.74. The molecule has 0 fully saturated rings. The van der Waals surface area contributed by atoms with E-state index in [1.165, 1.54) is 11.1 Å². The number of halogens is 2. The van der Waals surface area contributed by atoms with Crippen LogP contribution >= 0.6 is 31.9 Å². The molecule has 0 aliphatic heterocycles. The molecule has 0 amide bonds. The van der Waals surface area contributed by atoms with Crippen molar-refractivity contribution in [2.75, 3.05) is 54.5 Å². The van der Waals surface area contributed by atoms with E-state index in [1.54, 1.807) is 0 Å². The van der Waals surface area contributed by atoms with Crippen LogP contribution in [0.4, 0.5) is 0 Å². The van der Waals surface area contributed by atoms with Gasteiger partial charge in [0.25, 0.3) is 0 Å². The molecule has 2 heterocycles. The molecular formula is C31H42Br2N8O2. The van der Waals surface area contributed by atoms with Crippen LogP contribution in [0.25, 0.3) is 0 Å². The van der Waals surface area contributed by atoms with Crippen molar-refractivity contribution in [1.82, 2.24) is 39.8 Å². The van der Waals surface area contributed by atoms with Gasteiger partial charge in [-0.2, -0.15) is 0 Å². The van der Waals surface area contributed by atoms with Gasteiger partial charge in [0, 0.05) is 38.6 Å². The summed E-state index contributed by atoms with van der Waals surface area (Å²) in [5.41, 5.74) is 4.44. The fourth-order valence-corrected chi connectivity index (χ4v) is 5.45. The van der Waals surface area contributed by atoms with Crippen LogP contribution in [-0.2, 0) is 38.8 Å². The molecular weight excluding hydrogens is 676 g/mol. The van der Waals surface area contributed by atoms with Crippen LogP contribution < -0.4 is 9.47 Å². The number of hydrogen-bond donors (Lipinski definition) is 0. The van der Waals surface area contributed by atoms with Crippen LogP contribution in [0.15, 0.2) is 57.7 Å². The van der Waals surface area contributed by atoms with Crippen LogP contribution in [0.1, 0.15) is 28.9 Å². The predicted octanol–water partition coefficient (Wildman–Crippen LogP) is 4.94. The predicted molar refractivity (Wildman–Crippen MR) is 176 cm³/mol. The van der Waals surface area contributed by atoms with Gasteiger partial charge in [-0.05, 0) is 128 Å². The molecule has 0 spiro atoms. The molecule has 0 aliphatic rings. The number of aryl methyl sites for hydroxylation is 6. The van der Waals surface area contributed by atoms with Crippen LogP contribution in [-0.4, -0.2) is 94.3 Å². The number of aromatic nitrogens is 6. The Balaban J connectivity index is 1.15. The number of nitrogens with zero attached hydrogens (tertiary/aromatic N) is 8. The largest absolute Gasteiger partial charge is 0.491 e. The third kappa shape index (κ3) is 11.3. The lowest BCUT2D eigenvalue weighted by Gasteiger charge is -2.13. The van der Waals surface area contributed by atoms with Crippen molar-refractivity contribution in [3.63, 3.8) is 0 Å². The first-order valence-corrected chi connectivity index (χ1v) is 16.2. The molecule has 10 nitrogen and oxygen atoms in total. The lowest BCUT2D eigenvalue weighted by Crippen LogP contribution is -2.19. The van der Waals surface area contributed by atoms with Gasteiger partial charge in [0.05, 0.1) is 20.3 Å². The molecule has 4 rings (SSSR count). The molecule has 0 saturated heterocycles. The molecule has 43 heavy (non-hydrogen) atoms. The van der Waals surface area contributed by atoms with E-state index in [4.69, 9.17) is 9.47 Å². The fraction of sp³-hybridized carbons (Fsp3) is 0.484. The number of ether oxygens (including phenoxy) is 2.